The quantitative estimate of drug-likeness (QED) is 0.903. The molecule has 1 aliphatic rings. The predicted octanol–water partition coefficient (Wildman–Crippen LogP) is 2.43. The van der Waals surface area contributed by atoms with E-state index in [9.17, 15) is 0 Å². The summed E-state index contributed by atoms with van der Waals surface area (Å²) in [5, 5.41) is 7.34. The van der Waals surface area contributed by atoms with E-state index < -0.39 is 0 Å². The van der Waals surface area contributed by atoms with Gasteiger partial charge in [0.25, 0.3) is 0 Å². The van der Waals surface area contributed by atoms with Gasteiger partial charge in [-0.2, -0.15) is 0 Å². The number of rotatable bonds is 3. The molecular weight excluding hydrogens is 260 g/mol. The fourth-order valence-electron chi connectivity index (χ4n) is 2.42. The molecule has 19 heavy (non-hydrogen) atoms. The van der Waals surface area contributed by atoms with Crippen molar-refractivity contribution in [2.24, 2.45) is 0 Å². The third-order valence-corrected chi connectivity index (χ3v) is 3.63. The van der Waals surface area contributed by atoms with E-state index in [0.29, 0.717) is 10.8 Å². The highest BCUT2D eigenvalue weighted by atomic mass is 35.5. The van der Waals surface area contributed by atoms with Crippen LogP contribution in [0.3, 0.4) is 0 Å². The Kier molecular flexibility index (Phi) is 3.62. The first kappa shape index (κ1) is 12.4. The second kappa shape index (κ2) is 5.55. The molecule has 1 aromatic heterocycles. The lowest BCUT2D eigenvalue weighted by Gasteiger charge is -2.27. The molecule has 2 N–H and O–H groups in total. The molecule has 0 saturated heterocycles. The summed E-state index contributed by atoms with van der Waals surface area (Å²) in [5.41, 5.74) is 2.77. The molecule has 1 aliphatic heterocycles. The average Bonchev–Trinajstić information content (AvgIpc) is 2.46. The monoisotopic (exact) mass is 274 g/mol. The van der Waals surface area contributed by atoms with Gasteiger partial charge in [0, 0.05) is 12.6 Å². The van der Waals surface area contributed by atoms with Gasteiger partial charge >= 0.3 is 0 Å². The molecule has 2 aromatic rings. The van der Waals surface area contributed by atoms with Gasteiger partial charge in [0.15, 0.2) is 0 Å². The summed E-state index contributed by atoms with van der Waals surface area (Å²) in [4.78, 5) is 8.01. The van der Waals surface area contributed by atoms with Crippen LogP contribution in [0.15, 0.2) is 36.8 Å². The fourth-order valence-corrected chi connectivity index (χ4v) is 2.59. The van der Waals surface area contributed by atoms with Gasteiger partial charge in [0.2, 0.25) is 0 Å². The van der Waals surface area contributed by atoms with Gasteiger partial charge < -0.3 is 10.6 Å². The molecule has 1 unspecified atom stereocenters. The third kappa shape index (κ3) is 2.69. The molecule has 0 aliphatic carbocycles. The maximum Gasteiger partial charge on any atom is 0.148 e. The highest BCUT2D eigenvalue weighted by molar-refractivity contribution is 6.32. The first-order valence-electron chi connectivity index (χ1n) is 6.35. The summed E-state index contributed by atoms with van der Waals surface area (Å²) >= 11 is 6.03. The molecule has 0 radical (unpaired) electrons. The first-order chi connectivity index (χ1) is 9.34. The Balaban J connectivity index is 1.73. The summed E-state index contributed by atoms with van der Waals surface area (Å²) in [5.74, 6) is 0.682. The van der Waals surface area contributed by atoms with Crippen molar-refractivity contribution >= 4 is 17.4 Å². The van der Waals surface area contributed by atoms with E-state index in [1.165, 1.54) is 17.5 Å². The van der Waals surface area contributed by atoms with Crippen LogP contribution in [0.2, 0.25) is 5.02 Å². The van der Waals surface area contributed by atoms with Gasteiger partial charge in [-0.05, 0) is 24.1 Å². The number of halogens is 1. The van der Waals surface area contributed by atoms with E-state index in [2.05, 4.69) is 44.9 Å². The number of hydrogen-bond acceptors (Lipinski definition) is 4. The smallest absolute Gasteiger partial charge is 0.148 e. The Bertz CT molecular complexity index is 573. The molecule has 5 heteroatoms. The normalized spacial score (nSPS) is 17.8. The maximum atomic E-state index is 6.03. The SMILES string of the molecule is Clc1cncnc1NCC1NCCc2ccccc21. The van der Waals surface area contributed by atoms with Crippen LogP contribution in [0, 0.1) is 0 Å². The van der Waals surface area contributed by atoms with E-state index in [1.807, 2.05) is 0 Å². The van der Waals surface area contributed by atoms with Crippen molar-refractivity contribution in [1.82, 2.24) is 15.3 Å². The number of nitrogens with one attached hydrogen (secondary N) is 2. The van der Waals surface area contributed by atoms with Crippen LogP contribution in [0.4, 0.5) is 5.82 Å². The van der Waals surface area contributed by atoms with Crippen molar-refractivity contribution in [3.63, 3.8) is 0 Å². The second-order valence-corrected chi connectivity index (χ2v) is 4.96. The van der Waals surface area contributed by atoms with Crippen LogP contribution in [0.25, 0.3) is 0 Å². The number of anilines is 1. The fraction of sp³-hybridized carbons (Fsp3) is 0.286. The minimum Gasteiger partial charge on any atom is -0.367 e. The largest absolute Gasteiger partial charge is 0.367 e. The van der Waals surface area contributed by atoms with Gasteiger partial charge in [-0.1, -0.05) is 35.9 Å². The van der Waals surface area contributed by atoms with Crippen molar-refractivity contribution in [2.75, 3.05) is 18.4 Å². The van der Waals surface area contributed by atoms with Crippen LogP contribution in [-0.2, 0) is 6.42 Å². The van der Waals surface area contributed by atoms with Gasteiger partial charge in [-0.3, -0.25) is 0 Å². The molecule has 0 amide bonds. The van der Waals surface area contributed by atoms with Crippen molar-refractivity contribution in [3.05, 3.63) is 52.9 Å². The van der Waals surface area contributed by atoms with Gasteiger partial charge in [0.05, 0.1) is 6.20 Å². The number of aromatic nitrogens is 2. The van der Waals surface area contributed by atoms with E-state index in [0.717, 1.165) is 19.5 Å². The van der Waals surface area contributed by atoms with Crippen LogP contribution in [0.5, 0.6) is 0 Å². The third-order valence-electron chi connectivity index (χ3n) is 3.36. The van der Waals surface area contributed by atoms with Crippen molar-refractivity contribution < 1.29 is 0 Å². The summed E-state index contributed by atoms with van der Waals surface area (Å²) in [6.45, 7) is 1.76. The van der Waals surface area contributed by atoms with Crippen molar-refractivity contribution in [2.45, 2.75) is 12.5 Å². The first-order valence-corrected chi connectivity index (χ1v) is 6.73. The van der Waals surface area contributed by atoms with Crippen molar-refractivity contribution in [1.29, 1.82) is 0 Å². The van der Waals surface area contributed by atoms with Crippen LogP contribution in [0.1, 0.15) is 17.2 Å². The van der Waals surface area contributed by atoms with E-state index in [-0.39, 0.29) is 6.04 Å². The predicted molar refractivity (Wildman–Crippen MR) is 76.4 cm³/mol. The second-order valence-electron chi connectivity index (χ2n) is 4.56. The molecule has 4 nitrogen and oxygen atoms in total. The summed E-state index contributed by atoms with van der Waals surface area (Å²) in [6, 6.07) is 8.83. The molecule has 3 rings (SSSR count). The maximum absolute atomic E-state index is 6.03. The molecule has 2 heterocycles. The Hall–Kier alpha value is -1.65. The lowest BCUT2D eigenvalue weighted by Crippen LogP contribution is -2.34. The number of nitrogens with zero attached hydrogens (tertiary/aromatic N) is 2. The molecular formula is C14H15ClN4. The zero-order valence-corrected chi connectivity index (χ0v) is 11.2. The Labute approximate surface area is 117 Å². The topological polar surface area (TPSA) is 49.8 Å². The van der Waals surface area contributed by atoms with Gasteiger partial charge in [0.1, 0.15) is 17.2 Å². The lowest BCUT2D eigenvalue weighted by molar-refractivity contribution is 0.523. The molecule has 0 bridgehead atoms. The molecule has 0 spiro atoms. The van der Waals surface area contributed by atoms with Crippen LogP contribution in [-0.4, -0.2) is 23.1 Å². The molecule has 0 saturated carbocycles. The van der Waals surface area contributed by atoms with E-state index >= 15 is 0 Å². The number of fused-ring (bicyclic) bond motifs is 1. The molecule has 0 fully saturated rings. The highest BCUT2D eigenvalue weighted by Gasteiger charge is 2.19. The zero-order chi connectivity index (χ0) is 13.1. The molecule has 98 valence electrons. The van der Waals surface area contributed by atoms with Crippen LogP contribution < -0.4 is 10.6 Å². The van der Waals surface area contributed by atoms with Gasteiger partial charge in [-0.25, -0.2) is 9.97 Å². The van der Waals surface area contributed by atoms with E-state index in [1.54, 1.807) is 6.20 Å². The minimum absolute atomic E-state index is 0.288. The Morgan fingerprint density at radius 2 is 2.26 bits per heavy atom. The standard InChI is InChI=1S/C14H15ClN4/c15-12-7-16-9-19-14(12)18-8-13-11-4-2-1-3-10(11)5-6-17-13/h1-4,7,9,13,17H,5-6,8H2,(H,16,18,19). The average molecular weight is 275 g/mol. The lowest BCUT2D eigenvalue weighted by atomic mass is 9.94. The summed E-state index contributed by atoms with van der Waals surface area (Å²) in [7, 11) is 0. The number of benzene rings is 1. The molecule has 1 atom stereocenters. The zero-order valence-electron chi connectivity index (χ0n) is 10.4. The van der Waals surface area contributed by atoms with E-state index in [4.69, 9.17) is 11.6 Å². The summed E-state index contributed by atoms with van der Waals surface area (Å²) in [6.07, 6.45) is 4.18. The molecule has 1 aromatic carbocycles. The number of hydrogen-bond donors (Lipinski definition) is 2. The van der Waals surface area contributed by atoms with Gasteiger partial charge in [-0.15, -0.1) is 0 Å². The Morgan fingerprint density at radius 1 is 1.37 bits per heavy atom. The highest BCUT2D eigenvalue weighted by Crippen LogP contribution is 2.24. The van der Waals surface area contributed by atoms with Crippen LogP contribution >= 0.6 is 11.6 Å². The Morgan fingerprint density at radius 3 is 3.16 bits per heavy atom. The van der Waals surface area contributed by atoms with Crippen molar-refractivity contribution in [3.8, 4) is 0 Å². The minimum atomic E-state index is 0.288. The summed E-state index contributed by atoms with van der Waals surface area (Å²) < 4.78 is 0.